The highest BCUT2D eigenvalue weighted by Crippen LogP contribution is 2.35. The van der Waals surface area contributed by atoms with Crippen molar-refractivity contribution in [3.63, 3.8) is 0 Å². The number of hydrogen-bond donors (Lipinski definition) is 0. The van der Waals surface area contributed by atoms with Crippen LogP contribution in [0.5, 0.6) is 5.88 Å². The third-order valence-electron chi connectivity index (χ3n) is 4.25. The van der Waals surface area contributed by atoms with Gasteiger partial charge in [-0.1, -0.05) is 12.1 Å². The van der Waals surface area contributed by atoms with E-state index in [4.69, 9.17) is 4.74 Å². The first kappa shape index (κ1) is 11.2. The molecule has 4 nitrogen and oxygen atoms in total. The van der Waals surface area contributed by atoms with E-state index in [1.54, 1.807) is 6.20 Å². The lowest BCUT2D eigenvalue weighted by Crippen LogP contribution is -2.43. The molecule has 2 fully saturated rings. The average Bonchev–Trinajstić information content (AvgIpc) is 2.73. The average molecular weight is 255 g/mol. The van der Waals surface area contributed by atoms with E-state index in [-0.39, 0.29) is 5.60 Å². The van der Waals surface area contributed by atoms with E-state index in [2.05, 4.69) is 14.9 Å². The molecule has 2 atom stereocenters. The zero-order valence-corrected chi connectivity index (χ0v) is 10.9. The molecule has 4 heteroatoms. The van der Waals surface area contributed by atoms with E-state index < -0.39 is 0 Å². The van der Waals surface area contributed by atoms with Gasteiger partial charge in [-0.3, -0.25) is 4.90 Å². The van der Waals surface area contributed by atoms with Crippen LogP contribution in [0.2, 0.25) is 0 Å². The molecule has 98 valence electrons. The van der Waals surface area contributed by atoms with E-state index in [9.17, 15) is 0 Å². The minimum absolute atomic E-state index is 0.0185. The van der Waals surface area contributed by atoms with Crippen molar-refractivity contribution in [1.29, 1.82) is 0 Å². The molecule has 2 saturated heterocycles. The summed E-state index contributed by atoms with van der Waals surface area (Å²) < 4.78 is 6.23. The van der Waals surface area contributed by atoms with Gasteiger partial charge in [0, 0.05) is 19.5 Å². The summed E-state index contributed by atoms with van der Waals surface area (Å²) in [4.78, 5) is 11.5. The van der Waals surface area contributed by atoms with Crippen LogP contribution in [0.25, 0.3) is 11.0 Å². The summed E-state index contributed by atoms with van der Waals surface area (Å²) in [5.41, 5.74) is 1.81. The summed E-state index contributed by atoms with van der Waals surface area (Å²) in [5, 5.41) is 0. The Labute approximate surface area is 112 Å². The Morgan fingerprint density at radius 3 is 2.95 bits per heavy atom. The number of nitrogens with zero attached hydrogens (tertiary/aromatic N) is 3. The van der Waals surface area contributed by atoms with Gasteiger partial charge in [0.25, 0.3) is 0 Å². The fraction of sp³-hybridized carbons (Fsp3) is 0.467. The van der Waals surface area contributed by atoms with Gasteiger partial charge in [0.05, 0.1) is 17.2 Å². The number of ether oxygens (including phenoxy) is 1. The quantitative estimate of drug-likeness (QED) is 0.825. The van der Waals surface area contributed by atoms with Crippen LogP contribution in [-0.4, -0.2) is 40.1 Å². The SMILES string of the molecule is c1ccc2nc(OC34CCCN(CC3)C4)cnc2c1. The second-order valence-electron chi connectivity index (χ2n) is 5.61. The highest BCUT2D eigenvalue weighted by Gasteiger charge is 2.43. The van der Waals surface area contributed by atoms with Crippen LogP contribution in [0.4, 0.5) is 0 Å². The van der Waals surface area contributed by atoms with Crippen molar-refractivity contribution in [2.75, 3.05) is 19.6 Å². The molecule has 2 bridgehead atoms. The zero-order valence-electron chi connectivity index (χ0n) is 10.9. The second kappa shape index (κ2) is 4.17. The fourth-order valence-electron chi connectivity index (χ4n) is 3.29. The Morgan fingerprint density at radius 1 is 1.11 bits per heavy atom. The Hall–Kier alpha value is -1.68. The summed E-state index contributed by atoms with van der Waals surface area (Å²) >= 11 is 0. The van der Waals surface area contributed by atoms with E-state index in [1.165, 1.54) is 13.0 Å². The number of hydrogen-bond acceptors (Lipinski definition) is 4. The minimum atomic E-state index is -0.0185. The maximum Gasteiger partial charge on any atom is 0.233 e. The summed E-state index contributed by atoms with van der Waals surface area (Å²) in [6.45, 7) is 3.41. The van der Waals surface area contributed by atoms with Gasteiger partial charge >= 0.3 is 0 Å². The van der Waals surface area contributed by atoms with Crippen molar-refractivity contribution in [2.45, 2.75) is 24.9 Å². The van der Waals surface area contributed by atoms with Crippen LogP contribution in [0.1, 0.15) is 19.3 Å². The molecule has 2 aliphatic heterocycles. The number of rotatable bonds is 2. The van der Waals surface area contributed by atoms with E-state index >= 15 is 0 Å². The monoisotopic (exact) mass is 255 g/mol. The maximum absolute atomic E-state index is 6.23. The van der Waals surface area contributed by atoms with Crippen molar-refractivity contribution in [3.8, 4) is 5.88 Å². The van der Waals surface area contributed by atoms with Crippen molar-refractivity contribution in [3.05, 3.63) is 30.5 Å². The predicted octanol–water partition coefficient (Wildman–Crippen LogP) is 2.25. The lowest BCUT2D eigenvalue weighted by molar-refractivity contribution is 0.0409. The Morgan fingerprint density at radius 2 is 2.00 bits per heavy atom. The zero-order chi connectivity index (χ0) is 12.7. The first-order valence-electron chi connectivity index (χ1n) is 6.96. The van der Waals surface area contributed by atoms with E-state index in [0.29, 0.717) is 5.88 Å². The molecule has 1 aromatic carbocycles. The highest BCUT2D eigenvalue weighted by atomic mass is 16.5. The Bertz CT molecular complexity index is 611. The summed E-state index contributed by atoms with van der Waals surface area (Å²) in [7, 11) is 0. The third-order valence-corrected chi connectivity index (χ3v) is 4.25. The third kappa shape index (κ3) is 1.96. The molecule has 0 N–H and O–H groups in total. The maximum atomic E-state index is 6.23. The van der Waals surface area contributed by atoms with Crippen LogP contribution in [0.3, 0.4) is 0 Å². The molecule has 19 heavy (non-hydrogen) atoms. The van der Waals surface area contributed by atoms with Crippen LogP contribution >= 0.6 is 0 Å². The molecule has 2 aliphatic rings. The number of piperidine rings is 1. The van der Waals surface area contributed by atoms with Crippen LogP contribution < -0.4 is 4.74 Å². The largest absolute Gasteiger partial charge is 0.469 e. The molecule has 0 amide bonds. The smallest absolute Gasteiger partial charge is 0.233 e. The van der Waals surface area contributed by atoms with Gasteiger partial charge in [-0.05, 0) is 31.5 Å². The summed E-state index contributed by atoms with van der Waals surface area (Å²) in [6, 6.07) is 7.92. The molecule has 3 heterocycles. The van der Waals surface area contributed by atoms with Crippen molar-refractivity contribution >= 4 is 11.0 Å². The van der Waals surface area contributed by atoms with Crippen LogP contribution in [-0.2, 0) is 0 Å². The molecule has 2 aromatic rings. The van der Waals surface area contributed by atoms with Crippen LogP contribution in [0.15, 0.2) is 30.5 Å². The molecule has 0 aliphatic carbocycles. The summed E-state index contributed by atoms with van der Waals surface area (Å²) in [5.74, 6) is 0.669. The van der Waals surface area contributed by atoms with Gasteiger partial charge in [0.15, 0.2) is 0 Å². The molecule has 4 rings (SSSR count). The van der Waals surface area contributed by atoms with Gasteiger partial charge in [0.1, 0.15) is 5.60 Å². The van der Waals surface area contributed by atoms with Gasteiger partial charge < -0.3 is 4.74 Å². The lowest BCUT2D eigenvalue weighted by Gasteiger charge is -2.33. The van der Waals surface area contributed by atoms with Gasteiger partial charge in [-0.2, -0.15) is 0 Å². The Kier molecular flexibility index (Phi) is 2.45. The van der Waals surface area contributed by atoms with Crippen LogP contribution in [0, 0.1) is 0 Å². The van der Waals surface area contributed by atoms with Gasteiger partial charge in [0.2, 0.25) is 5.88 Å². The van der Waals surface area contributed by atoms with Gasteiger partial charge in [-0.25, -0.2) is 9.97 Å². The highest BCUT2D eigenvalue weighted by molar-refractivity contribution is 5.73. The Balaban J connectivity index is 1.64. The van der Waals surface area contributed by atoms with E-state index in [1.807, 2.05) is 24.3 Å². The van der Waals surface area contributed by atoms with Gasteiger partial charge in [-0.15, -0.1) is 0 Å². The first-order valence-corrected chi connectivity index (χ1v) is 6.96. The van der Waals surface area contributed by atoms with E-state index in [0.717, 1.165) is 37.0 Å². The van der Waals surface area contributed by atoms with Crippen molar-refractivity contribution in [2.24, 2.45) is 0 Å². The standard InChI is InChI=1S/C15H17N3O/c1-2-5-13-12(4-1)16-10-14(17-13)19-15-6-3-8-18(11-15)9-7-15/h1-2,4-5,10H,3,6-9,11H2. The second-order valence-corrected chi connectivity index (χ2v) is 5.61. The number of aromatic nitrogens is 2. The number of fused-ring (bicyclic) bond motifs is 3. The van der Waals surface area contributed by atoms with Crippen molar-refractivity contribution < 1.29 is 4.74 Å². The first-order chi connectivity index (χ1) is 9.33. The molecular weight excluding hydrogens is 238 g/mol. The molecule has 0 saturated carbocycles. The lowest BCUT2D eigenvalue weighted by atomic mass is 9.95. The minimum Gasteiger partial charge on any atom is -0.469 e. The molecule has 0 spiro atoms. The predicted molar refractivity (Wildman–Crippen MR) is 73.2 cm³/mol. The molecule has 0 radical (unpaired) electrons. The molecule has 1 aromatic heterocycles. The topological polar surface area (TPSA) is 38.2 Å². The fourth-order valence-corrected chi connectivity index (χ4v) is 3.29. The number of para-hydroxylation sites is 2. The molecular formula is C15H17N3O. The number of benzene rings is 1. The summed E-state index contributed by atoms with van der Waals surface area (Å²) in [6.07, 6.45) is 5.23. The molecule has 2 unspecified atom stereocenters. The normalized spacial score (nSPS) is 29.6. The van der Waals surface area contributed by atoms with Crippen molar-refractivity contribution in [1.82, 2.24) is 14.9 Å².